The van der Waals surface area contributed by atoms with Crippen molar-refractivity contribution in [2.45, 2.75) is 24.9 Å². The number of aliphatic carboxylic acids is 2. The summed E-state index contributed by atoms with van der Waals surface area (Å²) >= 11 is 0. The summed E-state index contributed by atoms with van der Waals surface area (Å²) < 4.78 is 0. The minimum atomic E-state index is -1.53. The predicted molar refractivity (Wildman–Crippen MR) is 71.6 cm³/mol. The second-order valence-electron chi connectivity index (χ2n) is 4.47. The number of carboxylic acids is 2. The number of benzene rings is 1. The van der Waals surface area contributed by atoms with Crippen molar-refractivity contribution < 1.29 is 29.7 Å². The molecule has 0 aliphatic carbocycles. The minimum Gasteiger partial charge on any atom is -0.508 e. The molecule has 8 heteroatoms. The van der Waals surface area contributed by atoms with Crippen LogP contribution in [0.25, 0.3) is 0 Å². The SMILES string of the molecule is N[C@@H](Cc1ccc(O)cc1)C(=O)NC(CC(=O)O)C(=O)O. The Hall–Kier alpha value is -2.61. The summed E-state index contributed by atoms with van der Waals surface area (Å²) in [5, 5.41) is 28.6. The van der Waals surface area contributed by atoms with E-state index in [0.29, 0.717) is 5.56 Å². The van der Waals surface area contributed by atoms with E-state index in [4.69, 9.17) is 21.1 Å². The molecule has 114 valence electrons. The standard InChI is InChI=1S/C13H16N2O6/c14-9(5-7-1-3-8(16)4-2-7)12(19)15-10(13(20)21)6-11(17)18/h1-4,9-10,16H,5-6,14H2,(H,15,19)(H,17,18)(H,20,21)/t9-,10?/m0/s1. The van der Waals surface area contributed by atoms with Crippen LogP contribution in [-0.4, -0.2) is 45.2 Å². The van der Waals surface area contributed by atoms with Gasteiger partial charge in [0.1, 0.15) is 11.8 Å². The lowest BCUT2D eigenvalue weighted by molar-refractivity contribution is -0.147. The third-order valence-electron chi connectivity index (χ3n) is 2.72. The summed E-state index contributed by atoms with van der Waals surface area (Å²) in [5.74, 6) is -3.46. The van der Waals surface area contributed by atoms with Gasteiger partial charge in [-0.1, -0.05) is 12.1 Å². The summed E-state index contributed by atoms with van der Waals surface area (Å²) in [5.41, 5.74) is 6.33. The highest BCUT2D eigenvalue weighted by Gasteiger charge is 2.25. The van der Waals surface area contributed by atoms with E-state index in [1.54, 1.807) is 12.1 Å². The zero-order valence-electron chi connectivity index (χ0n) is 11.0. The first-order valence-corrected chi connectivity index (χ1v) is 6.08. The van der Waals surface area contributed by atoms with Crippen molar-refractivity contribution in [3.63, 3.8) is 0 Å². The number of phenols is 1. The predicted octanol–water partition coefficient (Wildman–Crippen LogP) is -0.694. The summed E-state index contributed by atoms with van der Waals surface area (Å²) in [6.45, 7) is 0. The molecular formula is C13H16N2O6. The zero-order chi connectivity index (χ0) is 16.0. The van der Waals surface area contributed by atoms with Crippen LogP contribution in [0.2, 0.25) is 0 Å². The average molecular weight is 296 g/mol. The highest BCUT2D eigenvalue weighted by atomic mass is 16.4. The van der Waals surface area contributed by atoms with Gasteiger partial charge in [-0.2, -0.15) is 0 Å². The van der Waals surface area contributed by atoms with Crippen molar-refractivity contribution >= 4 is 17.8 Å². The summed E-state index contributed by atoms with van der Waals surface area (Å²) in [7, 11) is 0. The van der Waals surface area contributed by atoms with E-state index >= 15 is 0 Å². The Morgan fingerprint density at radius 1 is 1.14 bits per heavy atom. The highest BCUT2D eigenvalue weighted by Crippen LogP contribution is 2.11. The summed E-state index contributed by atoms with van der Waals surface area (Å²) in [6.07, 6.45) is -0.599. The van der Waals surface area contributed by atoms with Gasteiger partial charge >= 0.3 is 11.9 Å². The zero-order valence-corrected chi connectivity index (χ0v) is 11.0. The van der Waals surface area contributed by atoms with E-state index in [9.17, 15) is 14.4 Å². The molecule has 0 aliphatic heterocycles. The number of nitrogens with two attached hydrogens (primary N) is 1. The Balaban J connectivity index is 2.62. The van der Waals surface area contributed by atoms with Gasteiger partial charge in [0.25, 0.3) is 0 Å². The molecule has 0 bridgehead atoms. The van der Waals surface area contributed by atoms with Crippen LogP contribution in [0, 0.1) is 0 Å². The smallest absolute Gasteiger partial charge is 0.326 e. The van der Waals surface area contributed by atoms with Gasteiger partial charge in [-0.25, -0.2) is 4.79 Å². The number of rotatable bonds is 7. The molecule has 21 heavy (non-hydrogen) atoms. The van der Waals surface area contributed by atoms with Crippen molar-refractivity contribution in [1.82, 2.24) is 5.32 Å². The number of hydrogen-bond donors (Lipinski definition) is 5. The molecule has 6 N–H and O–H groups in total. The first kappa shape index (κ1) is 16.4. The highest BCUT2D eigenvalue weighted by molar-refractivity contribution is 5.89. The largest absolute Gasteiger partial charge is 0.508 e. The maximum atomic E-state index is 11.8. The number of hydrogen-bond acceptors (Lipinski definition) is 5. The van der Waals surface area contributed by atoms with Crippen LogP contribution in [0.5, 0.6) is 5.75 Å². The topological polar surface area (TPSA) is 150 Å². The molecule has 1 unspecified atom stereocenters. The molecule has 0 saturated heterocycles. The number of carboxylic acid groups (broad SMARTS) is 2. The molecule has 1 amide bonds. The maximum absolute atomic E-state index is 11.8. The molecule has 1 aromatic carbocycles. The minimum absolute atomic E-state index is 0.0733. The number of carbonyl (C=O) groups is 3. The lowest BCUT2D eigenvalue weighted by Gasteiger charge is -2.16. The lowest BCUT2D eigenvalue weighted by atomic mass is 10.1. The molecule has 0 radical (unpaired) electrons. The normalized spacial score (nSPS) is 13.2. The van der Waals surface area contributed by atoms with E-state index in [1.807, 2.05) is 0 Å². The fraction of sp³-hybridized carbons (Fsp3) is 0.308. The van der Waals surface area contributed by atoms with Crippen molar-refractivity contribution in [1.29, 1.82) is 0 Å². The molecule has 8 nitrogen and oxygen atoms in total. The van der Waals surface area contributed by atoms with Gasteiger partial charge < -0.3 is 26.4 Å². The van der Waals surface area contributed by atoms with E-state index in [-0.39, 0.29) is 12.2 Å². The number of carbonyl (C=O) groups excluding carboxylic acids is 1. The second-order valence-corrected chi connectivity index (χ2v) is 4.47. The number of amides is 1. The van der Waals surface area contributed by atoms with Gasteiger partial charge in [0.05, 0.1) is 12.5 Å². The Labute approximate surface area is 120 Å². The lowest BCUT2D eigenvalue weighted by Crippen LogP contribution is -2.49. The summed E-state index contributed by atoms with van der Waals surface area (Å²) in [6, 6.07) is 3.48. The van der Waals surface area contributed by atoms with Crippen LogP contribution in [0.1, 0.15) is 12.0 Å². The molecule has 0 fully saturated rings. The summed E-state index contributed by atoms with van der Waals surface area (Å²) in [4.78, 5) is 33.1. The molecule has 1 aromatic rings. The van der Waals surface area contributed by atoms with E-state index in [2.05, 4.69) is 5.32 Å². The molecule has 0 heterocycles. The van der Waals surface area contributed by atoms with Crippen LogP contribution < -0.4 is 11.1 Å². The Kier molecular flexibility index (Phi) is 5.67. The second kappa shape index (κ2) is 7.25. The van der Waals surface area contributed by atoms with Crippen molar-refractivity contribution in [3.05, 3.63) is 29.8 Å². The van der Waals surface area contributed by atoms with Gasteiger partial charge in [0.15, 0.2) is 0 Å². The van der Waals surface area contributed by atoms with E-state index < -0.39 is 36.4 Å². The first-order chi connectivity index (χ1) is 9.79. The van der Waals surface area contributed by atoms with Crippen molar-refractivity contribution in [3.8, 4) is 5.75 Å². The molecule has 0 aliphatic rings. The molecule has 2 atom stereocenters. The average Bonchev–Trinajstić information content (AvgIpc) is 2.39. The monoisotopic (exact) mass is 296 g/mol. The van der Waals surface area contributed by atoms with Crippen LogP contribution in [0.3, 0.4) is 0 Å². The maximum Gasteiger partial charge on any atom is 0.326 e. The Morgan fingerprint density at radius 3 is 2.19 bits per heavy atom. The van der Waals surface area contributed by atoms with E-state index in [1.165, 1.54) is 12.1 Å². The fourth-order valence-electron chi connectivity index (χ4n) is 1.63. The van der Waals surface area contributed by atoms with Crippen LogP contribution >= 0.6 is 0 Å². The molecule has 0 aromatic heterocycles. The number of nitrogens with one attached hydrogen (secondary N) is 1. The van der Waals surface area contributed by atoms with Crippen LogP contribution in [0.4, 0.5) is 0 Å². The van der Waals surface area contributed by atoms with Gasteiger partial charge in [-0.3, -0.25) is 9.59 Å². The Morgan fingerprint density at radius 2 is 1.71 bits per heavy atom. The van der Waals surface area contributed by atoms with Gasteiger partial charge in [-0.15, -0.1) is 0 Å². The van der Waals surface area contributed by atoms with Crippen molar-refractivity contribution in [2.75, 3.05) is 0 Å². The van der Waals surface area contributed by atoms with E-state index in [0.717, 1.165) is 0 Å². The molecule has 0 spiro atoms. The molecule has 1 rings (SSSR count). The third kappa shape index (κ3) is 5.49. The number of aromatic hydroxyl groups is 1. The third-order valence-corrected chi connectivity index (χ3v) is 2.72. The van der Waals surface area contributed by atoms with Gasteiger partial charge in [0, 0.05) is 0 Å². The molecule has 0 saturated carbocycles. The Bertz CT molecular complexity index is 528. The fourth-order valence-corrected chi connectivity index (χ4v) is 1.63. The van der Waals surface area contributed by atoms with Crippen LogP contribution in [0.15, 0.2) is 24.3 Å². The van der Waals surface area contributed by atoms with Crippen LogP contribution in [-0.2, 0) is 20.8 Å². The van der Waals surface area contributed by atoms with Gasteiger partial charge in [0.2, 0.25) is 5.91 Å². The first-order valence-electron chi connectivity index (χ1n) is 6.08. The van der Waals surface area contributed by atoms with Crippen molar-refractivity contribution in [2.24, 2.45) is 5.73 Å². The van der Waals surface area contributed by atoms with Gasteiger partial charge in [-0.05, 0) is 24.1 Å². The quantitative estimate of drug-likeness (QED) is 0.446. The number of phenolic OH excluding ortho intramolecular Hbond substituents is 1. The molecular weight excluding hydrogens is 280 g/mol.